The van der Waals surface area contributed by atoms with Crippen LogP contribution < -0.4 is 5.32 Å². The molecule has 7 rings (SSSR count). The number of amides is 1. The van der Waals surface area contributed by atoms with E-state index in [9.17, 15) is 29.1 Å². The Kier molecular flexibility index (Phi) is 18.2. The number of esters is 4. The topological polar surface area (TPSA) is 249 Å². The first kappa shape index (κ1) is 50.4. The second-order valence-electron chi connectivity index (χ2n) is 15.9. The van der Waals surface area contributed by atoms with Gasteiger partial charge < -0.3 is 53.1 Å². The standard InChI is InChI=1S/C51H50N4O15/c1-32(56)54-40-44(63-29-33-17-7-2-8-18-33)43(39(66-50(40)62-28-27-53-55-52)31-65-47(59)35-21-11-4-12-22-35)70-51-45(69-49(61)37-25-15-6-16-26-37)41(57)42(68-48(60)36-23-13-5-14-24-36)38(67-51)30-64-46(58)34-19-9-3-10-20-34/h2-26,38-45,50-51,57H,27-31H2,1H3,(H,54,56)/t38-,39-,40-,41+,42+,43-,44-,45-,50-,51+/m1/s1. The minimum atomic E-state index is -1.94. The summed E-state index contributed by atoms with van der Waals surface area (Å²) in [6.45, 7) is -0.293. The molecule has 0 bridgehead atoms. The minimum absolute atomic E-state index is 0.0763. The maximum absolute atomic E-state index is 13.9. The van der Waals surface area contributed by atoms with Crippen molar-refractivity contribution >= 4 is 29.8 Å². The Hall–Kier alpha value is -7.48. The number of hydrogen-bond donors (Lipinski definition) is 2. The fourth-order valence-electron chi connectivity index (χ4n) is 7.68. The van der Waals surface area contributed by atoms with Crippen LogP contribution in [0.25, 0.3) is 10.4 Å². The SMILES string of the molecule is CC(=O)N[C@H]1[C@H](OCCN=[N+]=[N-])O[C@H](COC(=O)c2ccccc2)[C@@H](O[C@@H]2O[C@H](COC(=O)c3ccccc3)[C@H](OC(=O)c3ccccc3)[C@H](O)[C@H]2OC(=O)c2ccccc2)[C@@H]1OCc1ccccc1. The van der Waals surface area contributed by atoms with Crippen LogP contribution in [0.4, 0.5) is 0 Å². The lowest BCUT2D eigenvalue weighted by Crippen LogP contribution is -2.68. The third-order valence-corrected chi connectivity index (χ3v) is 11.0. The summed E-state index contributed by atoms with van der Waals surface area (Å²) in [4.78, 5) is 70.3. The fourth-order valence-corrected chi connectivity index (χ4v) is 7.68. The molecule has 2 fully saturated rings. The van der Waals surface area contributed by atoms with Gasteiger partial charge in [-0.2, -0.15) is 0 Å². The molecule has 0 aromatic heterocycles. The highest BCUT2D eigenvalue weighted by atomic mass is 16.8. The molecule has 19 nitrogen and oxygen atoms in total. The average Bonchev–Trinajstić information content (AvgIpc) is 3.39. The third-order valence-electron chi connectivity index (χ3n) is 11.0. The molecule has 2 N–H and O–H groups in total. The van der Waals surface area contributed by atoms with Crippen LogP contribution in [-0.4, -0.2) is 123 Å². The summed E-state index contributed by atoms with van der Waals surface area (Å²) >= 11 is 0. The molecular formula is C51H50N4O15. The number of aliphatic hydroxyl groups is 1. The van der Waals surface area contributed by atoms with Gasteiger partial charge in [0.15, 0.2) is 24.8 Å². The van der Waals surface area contributed by atoms with Crippen molar-refractivity contribution in [3.8, 4) is 0 Å². The van der Waals surface area contributed by atoms with Crippen molar-refractivity contribution in [2.75, 3.05) is 26.4 Å². The molecule has 70 heavy (non-hydrogen) atoms. The number of benzene rings is 5. The molecule has 364 valence electrons. The lowest BCUT2D eigenvalue weighted by molar-refractivity contribution is -0.350. The Morgan fingerprint density at radius 1 is 0.586 bits per heavy atom. The van der Waals surface area contributed by atoms with Gasteiger partial charge in [-0.25, -0.2) is 19.2 Å². The molecule has 2 saturated heterocycles. The number of nitrogens with zero attached hydrogens (tertiary/aromatic N) is 3. The van der Waals surface area contributed by atoms with E-state index >= 15 is 0 Å². The Labute approximate surface area is 402 Å². The van der Waals surface area contributed by atoms with E-state index in [2.05, 4.69) is 15.3 Å². The van der Waals surface area contributed by atoms with E-state index in [1.165, 1.54) is 43.3 Å². The molecule has 5 aromatic rings. The van der Waals surface area contributed by atoms with Crippen LogP contribution in [0.3, 0.4) is 0 Å². The second-order valence-corrected chi connectivity index (χ2v) is 15.9. The van der Waals surface area contributed by atoms with Crippen molar-refractivity contribution in [1.82, 2.24) is 5.32 Å². The first-order chi connectivity index (χ1) is 34.1. The summed E-state index contributed by atoms with van der Waals surface area (Å²) in [7, 11) is 0. The summed E-state index contributed by atoms with van der Waals surface area (Å²) < 4.78 is 55.9. The zero-order valence-corrected chi connectivity index (χ0v) is 37.7. The number of carbonyl (C=O) groups is 5. The van der Waals surface area contributed by atoms with Gasteiger partial charge in [0.05, 0.1) is 35.5 Å². The molecule has 0 saturated carbocycles. The maximum Gasteiger partial charge on any atom is 0.338 e. The summed E-state index contributed by atoms with van der Waals surface area (Å²) in [6.07, 6.45) is -14.2. The molecule has 0 spiro atoms. The summed E-state index contributed by atoms with van der Waals surface area (Å²) in [6, 6.07) is 39.7. The van der Waals surface area contributed by atoms with E-state index in [1.807, 2.05) is 6.07 Å². The van der Waals surface area contributed by atoms with E-state index in [1.54, 1.807) is 109 Å². The number of hydrogen-bond acceptors (Lipinski definition) is 16. The van der Waals surface area contributed by atoms with Crippen LogP contribution in [0.15, 0.2) is 157 Å². The molecule has 2 heterocycles. The summed E-state index contributed by atoms with van der Waals surface area (Å²) in [5, 5.41) is 18.8. The highest BCUT2D eigenvalue weighted by molar-refractivity contribution is 5.91. The highest BCUT2D eigenvalue weighted by Gasteiger charge is 2.55. The second kappa shape index (κ2) is 25.2. The highest BCUT2D eigenvalue weighted by Crippen LogP contribution is 2.35. The molecule has 10 atom stereocenters. The lowest BCUT2D eigenvalue weighted by atomic mass is 9.94. The number of ether oxygens (including phenoxy) is 9. The molecule has 2 aliphatic rings. The molecular weight excluding hydrogens is 909 g/mol. The van der Waals surface area contributed by atoms with Crippen LogP contribution in [-0.2, 0) is 54.0 Å². The predicted molar refractivity (Wildman–Crippen MR) is 246 cm³/mol. The zero-order chi connectivity index (χ0) is 49.2. The Bertz CT molecular complexity index is 2540. The van der Waals surface area contributed by atoms with Crippen molar-refractivity contribution in [3.05, 3.63) is 190 Å². The van der Waals surface area contributed by atoms with Gasteiger partial charge in [0, 0.05) is 18.4 Å². The molecule has 0 aliphatic carbocycles. The van der Waals surface area contributed by atoms with Crippen molar-refractivity contribution < 1.29 is 71.7 Å². The van der Waals surface area contributed by atoms with Gasteiger partial charge in [0.1, 0.15) is 49.8 Å². The number of nitrogens with one attached hydrogen (secondary N) is 1. The molecule has 0 unspecified atom stereocenters. The predicted octanol–water partition coefficient (Wildman–Crippen LogP) is 5.76. The largest absolute Gasteiger partial charge is 0.459 e. The Balaban J connectivity index is 1.30. The third kappa shape index (κ3) is 13.6. The molecule has 5 aromatic carbocycles. The van der Waals surface area contributed by atoms with Crippen LogP contribution in [0.5, 0.6) is 0 Å². The van der Waals surface area contributed by atoms with Crippen LogP contribution >= 0.6 is 0 Å². The van der Waals surface area contributed by atoms with Crippen molar-refractivity contribution in [2.24, 2.45) is 5.11 Å². The van der Waals surface area contributed by atoms with Crippen molar-refractivity contribution in [2.45, 2.75) is 74.9 Å². The van der Waals surface area contributed by atoms with Gasteiger partial charge in [-0.05, 0) is 59.6 Å². The van der Waals surface area contributed by atoms with Gasteiger partial charge in [-0.3, -0.25) is 4.79 Å². The normalized spacial score (nSPS) is 23.9. The first-order valence-corrected chi connectivity index (χ1v) is 22.3. The molecule has 2 aliphatic heterocycles. The van der Waals surface area contributed by atoms with Crippen LogP contribution in [0, 0.1) is 0 Å². The van der Waals surface area contributed by atoms with Gasteiger partial charge in [0.2, 0.25) is 5.91 Å². The van der Waals surface area contributed by atoms with Gasteiger partial charge in [-0.15, -0.1) is 0 Å². The van der Waals surface area contributed by atoms with Gasteiger partial charge >= 0.3 is 23.9 Å². The van der Waals surface area contributed by atoms with E-state index in [4.69, 9.17) is 48.2 Å². The quantitative estimate of drug-likeness (QED) is 0.0235. The van der Waals surface area contributed by atoms with Crippen molar-refractivity contribution in [3.63, 3.8) is 0 Å². The average molecular weight is 959 g/mol. The lowest BCUT2D eigenvalue weighted by Gasteiger charge is -2.49. The van der Waals surface area contributed by atoms with Crippen LogP contribution in [0.2, 0.25) is 0 Å². The molecule has 19 heteroatoms. The Morgan fingerprint density at radius 3 is 1.51 bits per heavy atom. The van der Waals surface area contributed by atoms with E-state index in [0.717, 1.165) is 0 Å². The molecule has 0 radical (unpaired) electrons. The smallest absolute Gasteiger partial charge is 0.338 e. The maximum atomic E-state index is 13.9. The van der Waals surface area contributed by atoms with E-state index in [-0.39, 0.29) is 42.0 Å². The fraction of sp³-hybridized carbons (Fsp3) is 0.314. The number of carbonyl (C=O) groups excluding carboxylic acids is 5. The number of azide groups is 1. The van der Waals surface area contributed by atoms with Gasteiger partial charge in [0.25, 0.3) is 0 Å². The first-order valence-electron chi connectivity index (χ1n) is 22.3. The van der Waals surface area contributed by atoms with Crippen LogP contribution in [0.1, 0.15) is 53.9 Å². The van der Waals surface area contributed by atoms with Gasteiger partial charge in [-0.1, -0.05) is 108 Å². The van der Waals surface area contributed by atoms with E-state index in [0.29, 0.717) is 5.56 Å². The van der Waals surface area contributed by atoms with E-state index < -0.39 is 104 Å². The Morgan fingerprint density at radius 2 is 1.03 bits per heavy atom. The minimum Gasteiger partial charge on any atom is -0.459 e. The summed E-state index contributed by atoms with van der Waals surface area (Å²) in [5.74, 6) is -3.88. The zero-order valence-electron chi connectivity index (χ0n) is 37.7. The summed E-state index contributed by atoms with van der Waals surface area (Å²) in [5.41, 5.74) is 10.2. The van der Waals surface area contributed by atoms with Crippen molar-refractivity contribution in [1.29, 1.82) is 0 Å². The number of aliphatic hydroxyl groups excluding tert-OH is 1. The monoisotopic (exact) mass is 958 g/mol. The molecule has 1 amide bonds. The number of rotatable bonds is 20.